The Labute approximate surface area is 155 Å². The summed E-state index contributed by atoms with van der Waals surface area (Å²) in [5.41, 5.74) is 4.91. The summed E-state index contributed by atoms with van der Waals surface area (Å²) in [7, 11) is 0. The Morgan fingerprint density at radius 2 is 2.23 bits per heavy atom. The van der Waals surface area contributed by atoms with Gasteiger partial charge in [0.2, 0.25) is 5.91 Å². The molecular weight excluding hydrogens is 330 g/mol. The SMILES string of the molecule is CC(C)=CCO[C@@H]1COCC[C@H]1NC(=O)CCc1n[nH]c2c1CCCC2. The fourth-order valence-corrected chi connectivity index (χ4v) is 3.65. The van der Waals surface area contributed by atoms with E-state index in [4.69, 9.17) is 9.47 Å². The zero-order chi connectivity index (χ0) is 18.4. The molecule has 1 fully saturated rings. The number of carbonyl (C=O) groups excluding carboxylic acids is 1. The van der Waals surface area contributed by atoms with E-state index >= 15 is 0 Å². The molecule has 1 aromatic rings. The largest absolute Gasteiger partial charge is 0.379 e. The molecule has 2 N–H and O–H groups in total. The molecule has 3 rings (SSSR count). The van der Waals surface area contributed by atoms with Crippen LogP contribution in [-0.4, -0.2) is 48.1 Å². The number of allylic oxidation sites excluding steroid dienone is 1. The summed E-state index contributed by atoms with van der Waals surface area (Å²) in [5.74, 6) is 0.0697. The van der Waals surface area contributed by atoms with Gasteiger partial charge in [-0.15, -0.1) is 0 Å². The predicted octanol–water partition coefficient (Wildman–Crippen LogP) is 2.48. The Kier molecular flexibility index (Phi) is 6.86. The molecule has 0 bridgehead atoms. The van der Waals surface area contributed by atoms with Crippen LogP contribution < -0.4 is 5.32 Å². The second kappa shape index (κ2) is 9.33. The number of rotatable bonds is 7. The number of carbonyl (C=O) groups is 1. The first-order valence-corrected chi connectivity index (χ1v) is 9.80. The van der Waals surface area contributed by atoms with Crippen molar-refractivity contribution in [2.75, 3.05) is 19.8 Å². The number of aryl methyl sites for hydroxylation is 2. The van der Waals surface area contributed by atoms with Gasteiger partial charge in [-0.3, -0.25) is 9.89 Å². The summed E-state index contributed by atoms with van der Waals surface area (Å²) in [6.07, 6.45) is 8.55. The number of aromatic nitrogens is 2. The molecule has 0 spiro atoms. The quantitative estimate of drug-likeness (QED) is 0.732. The van der Waals surface area contributed by atoms with Gasteiger partial charge in [0.25, 0.3) is 0 Å². The second-order valence-corrected chi connectivity index (χ2v) is 7.53. The Bertz CT molecular complexity index is 634. The predicted molar refractivity (Wildman–Crippen MR) is 100 cm³/mol. The standard InChI is InChI=1S/C20H31N3O3/c1-14(2)9-12-26-19-13-25-11-10-18(19)21-20(24)8-7-17-15-5-3-4-6-16(15)22-23-17/h9,18-19H,3-8,10-13H2,1-2H3,(H,21,24)(H,22,23)/t18-,19-/m1/s1. The van der Waals surface area contributed by atoms with Crippen LogP contribution in [0.2, 0.25) is 0 Å². The summed E-state index contributed by atoms with van der Waals surface area (Å²) in [6, 6.07) is 0.0231. The van der Waals surface area contributed by atoms with Crippen molar-refractivity contribution in [3.63, 3.8) is 0 Å². The summed E-state index contributed by atoms with van der Waals surface area (Å²) < 4.78 is 11.4. The van der Waals surface area contributed by atoms with Gasteiger partial charge < -0.3 is 14.8 Å². The first kappa shape index (κ1) is 19.1. The van der Waals surface area contributed by atoms with Crippen molar-refractivity contribution in [1.29, 1.82) is 0 Å². The average Bonchev–Trinajstić information content (AvgIpc) is 3.04. The van der Waals surface area contributed by atoms with Crippen molar-refractivity contribution < 1.29 is 14.3 Å². The second-order valence-electron chi connectivity index (χ2n) is 7.53. The summed E-state index contributed by atoms with van der Waals surface area (Å²) in [5, 5.41) is 10.7. The van der Waals surface area contributed by atoms with Crippen LogP contribution in [0.3, 0.4) is 0 Å². The number of ether oxygens (including phenoxy) is 2. The van der Waals surface area contributed by atoms with E-state index in [2.05, 4.69) is 15.5 Å². The van der Waals surface area contributed by atoms with E-state index in [1.807, 2.05) is 19.9 Å². The number of nitrogens with zero attached hydrogens (tertiary/aromatic N) is 1. The van der Waals surface area contributed by atoms with Gasteiger partial charge in [0.05, 0.1) is 24.9 Å². The minimum Gasteiger partial charge on any atom is -0.379 e. The van der Waals surface area contributed by atoms with E-state index in [1.165, 1.54) is 29.7 Å². The van der Waals surface area contributed by atoms with Crippen LogP contribution >= 0.6 is 0 Å². The molecule has 26 heavy (non-hydrogen) atoms. The summed E-state index contributed by atoms with van der Waals surface area (Å²) >= 11 is 0. The fourth-order valence-electron chi connectivity index (χ4n) is 3.65. The Balaban J connectivity index is 1.48. The van der Waals surface area contributed by atoms with Crippen LogP contribution in [0.25, 0.3) is 0 Å². The summed E-state index contributed by atoms with van der Waals surface area (Å²) in [4.78, 5) is 12.4. The van der Waals surface area contributed by atoms with Gasteiger partial charge in [0.1, 0.15) is 6.10 Å². The van der Waals surface area contributed by atoms with E-state index in [1.54, 1.807) is 0 Å². The molecule has 0 aromatic carbocycles. The van der Waals surface area contributed by atoms with E-state index in [-0.39, 0.29) is 18.1 Å². The number of aromatic amines is 1. The van der Waals surface area contributed by atoms with Gasteiger partial charge in [-0.2, -0.15) is 5.10 Å². The van der Waals surface area contributed by atoms with Crippen LogP contribution in [0.1, 0.15) is 56.5 Å². The molecule has 0 radical (unpaired) electrons. The number of hydrogen-bond donors (Lipinski definition) is 2. The monoisotopic (exact) mass is 361 g/mol. The smallest absolute Gasteiger partial charge is 0.220 e. The topological polar surface area (TPSA) is 76.2 Å². The molecule has 1 aliphatic heterocycles. The Morgan fingerprint density at radius 1 is 1.38 bits per heavy atom. The molecule has 1 saturated heterocycles. The van der Waals surface area contributed by atoms with Gasteiger partial charge >= 0.3 is 0 Å². The third-order valence-electron chi connectivity index (χ3n) is 5.18. The zero-order valence-corrected chi connectivity index (χ0v) is 16.0. The van der Waals surface area contributed by atoms with Crippen LogP contribution in [0.15, 0.2) is 11.6 Å². The van der Waals surface area contributed by atoms with Gasteiger partial charge in [-0.05, 0) is 51.5 Å². The van der Waals surface area contributed by atoms with Crippen molar-refractivity contribution in [1.82, 2.24) is 15.5 Å². The molecule has 144 valence electrons. The van der Waals surface area contributed by atoms with E-state index < -0.39 is 0 Å². The van der Waals surface area contributed by atoms with E-state index in [0.29, 0.717) is 32.7 Å². The fraction of sp³-hybridized carbons (Fsp3) is 0.700. The maximum absolute atomic E-state index is 12.4. The van der Waals surface area contributed by atoms with Crippen molar-refractivity contribution in [3.8, 4) is 0 Å². The van der Waals surface area contributed by atoms with Gasteiger partial charge in [-0.25, -0.2) is 0 Å². The number of fused-ring (bicyclic) bond motifs is 1. The third-order valence-corrected chi connectivity index (χ3v) is 5.18. The molecule has 2 aliphatic rings. The average molecular weight is 361 g/mol. The van der Waals surface area contributed by atoms with Crippen molar-refractivity contribution >= 4 is 5.91 Å². The van der Waals surface area contributed by atoms with Crippen LogP contribution in [0, 0.1) is 0 Å². The zero-order valence-electron chi connectivity index (χ0n) is 16.0. The molecule has 2 heterocycles. The molecule has 1 aliphatic carbocycles. The molecule has 1 amide bonds. The molecule has 0 unspecified atom stereocenters. The number of H-pyrrole nitrogens is 1. The van der Waals surface area contributed by atoms with E-state index in [0.717, 1.165) is 25.0 Å². The first-order chi connectivity index (χ1) is 12.6. The lowest BCUT2D eigenvalue weighted by Crippen LogP contribution is -2.50. The third kappa shape index (κ3) is 5.17. The number of amides is 1. The highest BCUT2D eigenvalue weighted by Gasteiger charge is 2.28. The van der Waals surface area contributed by atoms with Gasteiger partial charge in [-0.1, -0.05) is 11.6 Å². The van der Waals surface area contributed by atoms with Crippen molar-refractivity contribution in [2.45, 2.75) is 70.9 Å². The van der Waals surface area contributed by atoms with Crippen molar-refractivity contribution in [2.24, 2.45) is 0 Å². The molecule has 1 aromatic heterocycles. The Hall–Kier alpha value is -1.66. The van der Waals surface area contributed by atoms with Crippen LogP contribution in [0.5, 0.6) is 0 Å². The first-order valence-electron chi connectivity index (χ1n) is 9.80. The lowest BCUT2D eigenvalue weighted by molar-refractivity contribution is -0.125. The minimum atomic E-state index is -0.0820. The Morgan fingerprint density at radius 3 is 3.08 bits per heavy atom. The summed E-state index contributed by atoms with van der Waals surface area (Å²) in [6.45, 7) is 5.86. The normalized spacial score (nSPS) is 22.5. The van der Waals surface area contributed by atoms with Crippen LogP contribution in [0.4, 0.5) is 0 Å². The van der Waals surface area contributed by atoms with E-state index in [9.17, 15) is 4.79 Å². The highest BCUT2D eigenvalue weighted by Crippen LogP contribution is 2.23. The molecular formula is C20H31N3O3. The van der Waals surface area contributed by atoms with Gasteiger partial charge in [0, 0.05) is 25.1 Å². The maximum atomic E-state index is 12.4. The van der Waals surface area contributed by atoms with Crippen LogP contribution in [-0.2, 0) is 33.5 Å². The lowest BCUT2D eigenvalue weighted by Gasteiger charge is -2.32. The molecule has 0 saturated carbocycles. The van der Waals surface area contributed by atoms with Crippen molar-refractivity contribution in [3.05, 3.63) is 28.6 Å². The number of nitrogens with one attached hydrogen (secondary N) is 2. The highest BCUT2D eigenvalue weighted by molar-refractivity contribution is 5.76. The molecule has 6 heteroatoms. The molecule has 2 atom stereocenters. The maximum Gasteiger partial charge on any atom is 0.220 e. The number of hydrogen-bond acceptors (Lipinski definition) is 4. The lowest BCUT2D eigenvalue weighted by atomic mass is 9.94. The highest BCUT2D eigenvalue weighted by atomic mass is 16.5. The van der Waals surface area contributed by atoms with Gasteiger partial charge in [0.15, 0.2) is 0 Å². The minimum absolute atomic E-state index is 0.0231. The molecule has 6 nitrogen and oxygen atoms in total.